The quantitative estimate of drug-likeness (QED) is 0.0858. The summed E-state index contributed by atoms with van der Waals surface area (Å²) in [5, 5.41) is 18.3. The summed E-state index contributed by atoms with van der Waals surface area (Å²) in [6.45, 7) is 25.1. The zero-order valence-electron chi connectivity index (χ0n) is 36.3. The Balaban J connectivity index is 0. The van der Waals surface area contributed by atoms with Gasteiger partial charge in [0.05, 0.1) is 7.11 Å². The lowest BCUT2D eigenvalue weighted by molar-refractivity contribution is -0.145. The summed E-state index contributed by atoms with van der Waals surface area (Å²) in [4.78, 5) is 104. The molecule has 7 amide bonds. The maximum atomic E-state index is 13.6. The van der Waals surface area contributed by atoms with E-state index in [2.05, 4.69) is 37.2 Å². The van der Waals surface area contributed by atoms with E-state index in [-0.39, 0.29) is 29.7 Å². The standard InChI is InChI=1S/C38H69N7O10.H2O/c1-19(2)17-25(41-29(46)23(9)40-33(50)28(22(7)8)44-36(53)55-37(11,12)13)31(48)45-38(14,15)35(52)43-27(21(5)6)32(49)39-24(10)30(47)42-26(18-20(3)4)34(51)54-16;/h19-28H,17-18H2,1-16H3,(H,39,49)(H,40,50)(H,41,46)(H,42,47)(H,43,52)(H,44,53)(H,45,48);1H2/t23-,24-,25-,26-,27-,28-;/m0./s1. The van der Waals surface area contributed by atoms with Gasteiger partial charge >= 0.3 is 12.1 Å². The number of ether oxygens (including phenoxy) is 2. The molecule has 56 heavy (non-hydrogen) atoms. The lowest BCUT2D eigenvalue weighted by atomic mass is 9.97. The van der Waals surface area contributed by atoms with E-state index < -0.39 is 101 Å². The highest BCUT2D eigenvalue weighted by molar-refractivity contribution is 5.98. The average molecular weight is 802 g/mol. The maximum Gasteiger partial charge on any atom is 0.408 e. The van der Waals surface area contributed by atoms with Gasteiger partial charge < -0.3 is 52.2 Å². The molecule has 0 radical (unpaired) electrons. The van der Waals surface area contributed by atoms with Gasteiger partial charge in [0.2, 0.25) is 35.4 Å². The first-order valence-electron chi connectivity index (χ1n) is 18.9. The summed E-state index contributed by atoms with van der Waals surface area (Å²) in [7, 11) is 1.22. The van der Waals surface area contributed by atoms with Gasteiger partial charge in [-0.05, 0) is 85.0 Å². The summed E-state index contributed by atoms with van der Waals surface area (Å²) in [6.07, 6.45) is -0.269. The molecule has 0 aromatic carbocycles. The molecular formula is C38H71N7O11. The molecule has 0 aliphatic rings. The number of rotatable bonds is 20. The molecule has 6 atom stereocenters. The number of alkyl carbamates (subject to hydrolysis) is 1. The highest BCUT2D eigenvalue weighted by atomic mass is 16.6. The molecule has 18 heteroatoms. The van der Waals surface area contributed by atoms with E-state index in [0.29, 0.717) is 6.42 Å². The molecule has 0 aliphatic heterocycles. The lowest BCUT2D eigenvalue weighted by Gasteiger charge is -2.32. The van der Waals surface area contributed by atoms with Gasteiger partial charge in [-0.15, -0.1) is 0 Å². The van der Waals surface area contributed by atoms with Crippen molar-refractivity contribution in [2.75, 3.05) is 7.11 Å². The van der Waals surface area contributed by atoms with Crippen LogP contribution in [0.3, 0.4) is 0 Å². The normalized spacial score (nSPS) is 14.9. The van der Waals surface area contributed by atoms with E-state index in [1.807, 2.05) is 27.7 Å². The van der Waals surface area contributed by atoms with Crippen molar-refractivity contribution in [3.05, 3.63) is 0 Å². The van der Waals surface area contributed by atoms with E-state index >= 15 is 0 Å². The van der Waals surface area contributed by atoms with Gasteiger partial charge in [0.25, 0.3) is 0 Å². The molecular weight excluding hydrogens is 730 g/mol. The van der Waals surface area contributed by atoms with Crippen LogP contribution in [0.15, 0.2) is 0 Å². The number of amides is 7. The molecule has 0 aromatic rings. The van der Waals surface area contributed by atoms with Crippen molar-refractivity contribution in [2.24, 2.45) is 23.7 Å². The van der Waals surface area contributed by atoms with Crippen molar-refractivity contribution in [3.8, 4) is 0 Å². The highest BCUT2D eigenvalue weighted by Gasteiger charge is 2.37. The van der Waals surface area contributed by atoms with E-state index in [1.54, 1.807) is 48.5 Å². The van der Waals surface area contributed by atoms with Crippen molar-refractivity contribution >= 4 is 47.5 Å². The third-order valence-electron chi connectivity index (χ3n) is 8.21. The number of nitrogens with one attached hydrogen (secondary N) is 7. The zero-order chi connectivity index (χ0) is 43.2. The van der Waals surface area contributed by atoms with Gasteiger partial charge in [0.15, 0.2) is 0 Å². The topological polar surface area (TPSA) is 271 Å². The van der Waals surface area contributed by atoms with Crippen LogP contribution in [0.4, 0.5) is 4.79 Å². The van der Waals surface area contributed by atoms with E-state index in [1.165, 1.54) is 34.8 Å². The Morgan fingerprint density at radius 2 is 0.911 bits per heavy atom. The molecule has 0 heterocycles. The average Bonchev–Trinajstić information content (AvgIpc) is 3.02. The Labute approximate surface area is 332 Å². The van der Waals surface area contributed by atoms with Crippen LogP contribution in [0, 0.1) is 23.7 Å². The Bertz CT molecular complexity index is 1360. The second kappa shape index (κ2) is 23.6. The molecule has 9 N–H and O–H groups in total. The summed E-state index contributed by atoms with van der Waals surface area (Å²) in [5.41, 5.74) is -2.36. The summed E-state index contributed by atoms with van der Waals surface area (Å²) in [5.74, 6) is -5.34. The lowest BCUT2D eigenvalue weighted by Crippen LogP contribution is -2.63. The van der Waals surface area contributed by atoms with Crippen molar-refractivity contribution in [2.45, 2.75) is 164 Å². The van der Waals surface area contributed by atoms with Crippen LogP contribution in [0.1, 0.15) is 117 Å². The van der Waals surface area contributed by atoms with Gasteiger partial charge in [-0.3, -0.25) is 28.8 Å². The Morgan fingerprint density at radius 3 is 1.29 bits per heavy atom. The molecule has 0 fully saturated rings. The van der Waals surface area contributed by atoms with Crippen molar-refractivity contribution in [3.63, 3.8) is 0 Å². The van der Waals surface area contributed by atoms with Crippen LogP contribution in [0.25, 0.3) is 0 Å². The smallest absolute Gasteiger partial charge is 0.408 e. The van der Waals surface area contributed by atoms with Crippen molar-refractivity contribution < 1.29 is 53.3 Å². The molecule has 0 aromatic heterocycles. The van der Waals surface area contributed by atoms with Gasteiger partial charge in [0, 0.05) is 0 Å². The van der Waals surface area contributed by atoms with Crippen LogP contribution in [0.2, 0.25) is 0 Å². The maximum absolute atomic E-state index is 13.6. The first-order valence-corrected chi connectivity index (χ1v) is 18.9. The van der Waals surface area contributed by atoms with Crippen LogP contribution >= 0.6 is 0 Å². The predicted molar refractivity (Wildman–Crippen MR) is 211 cm³/mol. The van der Waals surface area contributed by atoms with E-state index in [0.717, 1.165) is 0 Å². The van der Waals surface area contributed by atoms with Crippen LogP contribution in [-0.2, 0) is 43.0 Å². The third-order valence-corrected chi connectivity index (χ3v) is 8.21. The fourth-order valence-corrected chi connectivity index (χ4v) is 5.14. The minimum absolute atomic E-state index is 0. The molecule has 0 aliphatic carbocycles. The third kappa shape index (κ3) is 19.4. The molecule has 324 valence electrons. The molecule has 0 bridgehead atoms. The molecule has 0 unspecified atom stereocenters. The number of carbonyl (C=O) groups is 8. The summed E-state index contributed by atoms with van der Waals surface area (Å²) >= 11 is 0. The monoisotopic (exact) mass is 802 g/mol. The van der Waals surface area contributed by atoms with Gasteiger partial charge in [-0.2, -0.15) is 0 Å². The number of hydrogen-bond acceptors (Lipinski definition) is 10. The highest BCUT2D eigenvalue weighted by Crippen LogP contribution is 2.13. The zero-order valence-corrected chi connectivity index (χ0v) is 36.3. The minimum Gasteiger partial charge on any atom is -0.467 e. The fourth-order valence-electron chi connectivity index (χ4n) is 5.14. The second-order valence-electron chi connectivity index (χ2n) is 17.0. The SMILES string of the molecule is COC(=O)[C@H](CC(C)C)NC(=O)[C@H](C)NC(=O)[C@@H](NC(=O)C(C)(C)NC(=O)[C@H](CC(C)C)NC(=O)[C@H](C)NC(=O)[C@@H](NC(=O)OC(C)(C)C)C(C)C)C(C)C.O. The van der Waals surface area contributed by atoms with Gasteiger partial charge in [0.1, 0.15) is 47.4 Å². The Morgan fingerprint density at radius 1 is 0.518 bits per heavy atom. The number of esters is 1. The van der Waals surface area contributed by atoms with Gasteiger partial charge in [-0.25, -0.2) is 9.59 Å². The van der Waals surface area contributed by atoms with Crippen molar-refractivity contribution in [1.29, 1.82) is 0 Å². The fraction of sp³-hybridized carbons (Fsp3) is 0.789. The molecule has 0 rings (SSSR count). The molecule has 18 nitrogen and oxygen atoms in total. The predicted octanol–water partition coefficient (Wildman–Crippen LogP) is 0.991. The number of carbonyl (C=O) groups excluding carboxylic acids is 8. The number of methoxy groups -OCH3 is 1. The largest absolute Gasteiger partial charge is 0.467 e. The summed E-state index contributed by atoms with van der Waals surface area (Å²) in [6, 6.07) is -6.30. The molecule has 0 spiro atoms. The van der Waals surface area contributed by atoms with E-state index in [9.17, 15) is 38.4 Å². The van der Waals surface area contributed by atoms with Crippen LogP contribution in [0.5, 0.6) is 0 Å². The van der Waals surface area contributed by atoms with Crippen LogP contribution < -0.4 is 37.2 Å². The first-order chi connectivity index (χ1) is 25.0. The van der Waals surface area contributed by atoms with Crippen LogP contribution in [-0.4, -0.2) is 107 Å². The Kier molecular flexibility index (Phi) is 22.6. The van der Waals surface area contributed by atoms with Crippen molar-refractivity contribution in [1.82, 2.24) is 37.2 Å². The van der Waals surface area contributed by atoms with Gasteiger partial charge in [-0.1, -0.05) is 55.4 Å². The molecule has 0 saturated carbocycles. The van der Waals surface area contributed by atoms with E-state index in [4.69, 9.17) is 9.47 Å². The Hall–Kier alpha value is -4.48. The first kappa shape index (κ1) is 53.6. The minimum atomic E-state index is -1.57. The summed E-state index contributed by atoms with van der Waals surface area (Å²) < 4.78 is 10.1. The molecule has 0 saturated heterocycles. The second-order valence-corrected chi connectivity index (χ2v) is 17.0. The number of hydrogen-bond donors (Lipinski definition) is 7.